The van der Waals surface area contributed by atoms with Crippen LogP contribution in [0.2, 0.25) is 0 Å². The Morgan fingerprint density at radius 3 is 2.67 bits per heavy atom. The third-order valence-electron chi connectivity index (χ3n) is 3.07. The molecule has 0 saturated carbocycles. The highest BCUT2D eigenvalue weighted by Crippen LogP contribution is 2.19. The molecule has 1 aromatic rings. The zero-order chi connectivity index (χ0) is 13.5. The Balaban J connectivity index is 2.31. The van der Waals surface area contributed by atoms with Gasteiger partial charge in [0, 0.05) is 16.8 Å². The van der Waals surface area contributed by atoms with Crippen molar-refractivity contribution in [3.05, 3.63) is 22.4 Å². The minimum Gasteiger partial charge on any atom is -0.349 e. The molecule has 1 amide bonds. The molecule has 0 aliphatic rings. The fourth-order valence-corrected chi connectivity index (χ4v) is 2.58. The molecule has 0 aromatic carbocycles. The average Bonchev–Trinajstić information content (AvgIpc) is 2.81. The Bertz CT molecular complexity index is 349. The predicted octanol–water partition coefficient (Wildman–Crippen LogP) is 3.08. The monoisotopic (exact) mass is 268 g/mol. The summed E-state index contributed by atoms with van der Waals surface area (Å²) in [6.07, 6.45) is 2.91. The molecule has 0 radical (unpaired) electrons. The summed E-state index contributed by atoms with van der Waals surface area (Å²) in [5.74, 6) is 0.201. The van der Waals surface area contributed by atoms with Gasteiger partial charge in [-0.3, -0.25) is 4.79 Å². The number of nitrogens with two attached hydrogens (primary N) is 1. The van der Waals surface area contributed by atoms with Crippen molar-refractivity contribution in [1.29, 1.82) is 0 Å². The van der Waals surface area contributed by atoms with Crippen molar-refractivity contribution in [1.82, 2.24) is 5.32 Å². The van der Waals surface area contributed by atoms with Gasteiger partial charge in [-0.05, 0) is 38.1 Å². The van der Waals surface area contributed by atoms with Crippen molar-refractivity contribution < 1.29 is 4.79 Å². The van der Waals surface area contributed by atoms with E-state index in [1.54, 1.807) is 11.3 Å². The Labute approximate surface area is 114 Å². The first kappa shape index (κ1) is 15.2. The summed E-state index contributed by atoms with van der Waals surface area (Å²) in [6, 6.07) is 4.39. The van der Waals surface area contributed by atoms with Crippen LogP contribution >= 0.6 is 11.3 Å². The van der Waals surface area contributed by atoms with Crippen LogP contribution in [0.3, 0.4) is 0 Å². The molecule has 102 valence electrons. The van der Waals surface area contributed by atoms with Crippen LogP contribution in [0, 0.1) is 5.92 Å². The van der Waals surface area contributed by atoms with E-state index in [4.69, 9.17) is 5.73 Å². The number of nitrogens with one attached hydrogen (secondary N) is 1. The first-order valence-electron chi connectivity index (χ1n) is 6.60. The van der Waals surface area contributed by atoms with E-state index in [2.05, 4.69) is 11.4 Å². The second kappa shape index (κ2) is 7.54. The van der Waals surface area contributed by atoms with Gasteiger partial charge in [0.25, 0.3) is 0 Å². The molecule has 0 spiro atoms. The van der Waals surface area contributed by atoms with E-state index in [-0.39, 0.29) is 23.9 Å². The van der Waals surface area contributed by atoms with Gasteiger partial charge < -0.3 is 11.1 Å². The molecule has 0 aliphatic heterocycles. The van der Waals surface area contributed by atoms with Crippen LogP contribution in [0.4, 0.5) is 0 Å². The van der Waals surface area contributed by atoms with Crippen molar-refractivity contribution in [3.63, 3.8) is 0 Å². The van der Waals surface area contributed by atoms with Gasteiger partial charge in [0.15, 0.2) is 0 Å². The third-order valence-corrected chi connectivity index (χ3v) is 4.13. The Morgan fingerprint density at radius 2 is 2.11 bits per heavy atom. The van der Waals surface area contributed by atoms with Crippen LogP contribution < -0.4 is 11.1 Å². The molecule has 1 aromatic heterocycles. The number of amides is 1. The molecular formula is C14H24N2OS. The Morgan fingerprint density at radius 1 is 1.39 bits per heavy atom. The minimum absolute atomic E-state index is 0.0613. The maximum atomic E-state index is 12.0. The molecule has 0 saturated heterocycles. The summed E-state index contributed by atoms with van der Waals surface area (Å²) in [5, 5.41) is 5.09. The second-order valence-corrected chi connectivity index (χ2v) is 6.03. The van der Waals surface area contributed by atoms with E-state index in [0.717, 1.165) is 19.3 Å². The van der Waals surface area contributed by atoms with Gasteiger partial charge in [0.2, 0.25) is 5.91 Å². The first-order valence-corrected chi connectivity index (χ1v) is 7.48. The van der Waals surface area contributed by atoms with Gasteiger partial charge >= 0.3 is 0 Å². The van der Waals surface area contributed by atoms with E-state index < -0.39 is 0 Å². The predicted molar refractivity (Wildman–Crippen MR) is 77.5 cm³/mol. The van der Waals surface area contributed by atoms with Gasteiger partial charge in [0.1, 0.15) is 0 Å². The van der Waals surface area contributed by atoms with Crippen LogP contribution in [-0.2, 0) is 4.79 Å². The second-order valence-electron chi connectivity index (χ2n) is 5.05. The summed E-state index contributed by atoms with van der Waals surface area (Å²) < 4.78 is 0. The average molecular weight is 268 g/mol. The fourth-order valence-electron chi connectivity index (χ4n) is 1.84. The van der Waals surface area contributed by atoms with E-state index in [1.807, 2.05) is 32.2 Å². The maximum Gasteiger partial charge on any atom is 0.223 e. The standard InChI is InChI=1S/C14H24N2OS/c1-10(6-4-7-11(2)15)14(17)16-12(3)13-8-5-9-18-13/h5,8-12H,4,6-7,15H2,1-3H3,(H,16,17)/t10?,11?,12-/m0/s1. The van der Waals surface area contributed by atoms with Crippen LogP contribution in [0.1, 0.15) is 51.0 Å². The molecule has 1 rings (SSSR count). The molecule has 2 unspecified atom stereocenters. The zero-order valence-corrected chi connectivity index (χ0v) is 12.3. The number of hydrogen-bond donors (Lipinski definition) is 2. The van der Waals surface area contributed by atoms with Crippen molar-refractivity contribution in [2.24, 2.45) is 11.7 Å². The Hall–Kier alpha value is -0.870. The lowest BCUT2D eigenvalue weighted by molar-refractivity contribution is -0.125. The van der Waals surface area contributed by atoms with E-state index >= 15 is 0 Å². The lowest BCUT2D eigenvalue weighted by atomic mass is 10.0. The molecule has 3 N–H and O–H groups in total. The normalized spacial score (nSPS) is 16.0. The fraction of sp³-hybridized carbons (Fsp3) is 0.643. The van der Waals surface area contributed by atoms with Gasteiger partial charge in [-0.1, -0.05) is 19.4 Å². The highest BCUT2D eigenvalue weighted by atomic mass is 32.1. The number of carbonyl (C=O) groups is 1. The number of hydrogen-bond acceptors (Lipinski definition) is 3. The highest BCUT2D eigenvalue weighted by Gasteiger charge is 2.16. The largest absolute Gasteiger partial charge is 0.349 e. The van der Waals surface area contributed by atoms with Crippen molar-refractivity contribution in [3.8, 4) is 0 Å². The van der Waals surface area contributed by atoms with Crippen LogP contribution in [-0.4, -0.2) is 11.9 Å². The lowest BCUT2D eigenvalue weighted by Crippen LogP contribution is -2.31. The molecule has 0 fully saturated rings. The number of rotatable bonds is 7. The third kappa shape index (κ3) is 5.19. The quantitative estimate of drug-likeness (QED) is 0.798. The first-order chi connectivity index (χ1) is 8.50. The summed E-state index contributed by atoms with van der Waals surface area (Å²) in [5.41, 5.74) is 5.70. The van der Waals surface area contributed by atoms with E-state index in [9.17, 15) is 4.79 Å². The van der Waals surface area contributed by atoms with Crippen LogP contribution in [0.5, 0.6) is 0 Å². The van der Waals surface area contributed by atoms with Gasteiger partial charge in [0.05, 0.1) is 6.04 Å². The molecule has 0 aliphatic carbocycles. The smallest absolute Gasteiger partial charge is 0.223 e. The van der Waals surface area contributed by atoms with E-state index in [0.29, 0.717) is 0 Å². The van der Waals surface area contributed by atoms with Gasteiger partial charge in [-0.25, -0.2) is 0 Å². The molecule has 4 heteroatoms. The molecule has 3 atom stereocenters. The number of carbonyl (C=O) groups excluding carboxylic acids is 1. The van der Waals surface area contributed by atoms with Crippen molar-refractivity contribution >= 4 is 17.2 Å². The molecule has 3 nitrogen and oxygen atoms in total. The molecule has 1 heterocycles. The lowest BCUT2D eigenvalue weighted by Gasteiger charge is -2.17. The van der Waals surface area contributed by atoms with Gasteiger partial charge in [-0.15, -0.1) is 11.3 Å². The van der Waals surface area contributed by atoms with E-state index in [1.165, 1.54) is 4.88 Å². The van der Waals surface area contributed by atoms with Gasteiger partial charge in [-0.2, -0.15) is 0 Å². The zero-order valence-electron chi connectivity index (χ0n) is 11.5. The minimum atomic E-state index is 0.0613. The van der Waals surface area contributed by atoms with Crippen LogP contribution in [0.25, 0.3) is 0 Å². The summed E-state index contributed by atoms with van der Waals surface area (Å²) in [6.45, 7) is 6.01. The maximum absolute atomic E-state index is 12.0. The number of thiophene rings is 1. The highest BCUT2D eigenvalue weighted by molar-refractivity contribution is 7.10. The molecule has 18 heavy (non-hydrogen) atoms. The molecule has 0 bridgehead atoms. The Kier molecular flexibility index (Phi) is 6.36. The molecular weight excluding hydrogens is 244 g/mol. The van der Waals surface area contributed by atoms with Crippen molar-refractivity contribution in [2.45, 2.75) is 52.1 Å². The summed E-state index contributed by atoms with van der Waals surface area (Å²) in [7, 11) is 0. The summed E-state index contributed by atoms with van der Waals surface area (Å²) >= 11 is 1.68. The topological polar surface area (TPSA) is 55.1 Å². The summed E-state index contributed by atoms with van der Waals surface area (Å²) in [4.78, 5) is 13.2. The van der Waals surface area contributed by atoms with Crippen molar-refractivity contribution in [2.75, 3.05) is 0 Å². The SMILES string of the molecule is CC(N)CCCC(C)C(=O)N[C@@H](C)c1cccs1. The van der Waals surface area contributed by atoms with Crippen LogP contribution in [0.15, 0.2) is 17.5 Å².